The van der Waals surface area contributed by atoms with Crippen LogP contribution in [-0.2, 0) is 14.3 Å². The number of ether oxygens (including phenoxy) is 2. The third kappa shape index (κ3) is 6.90. The zero-order valence-corrected chi connectivity index (χ0v) is 17.0. The number of aliphatic hydroxyl groups excluding tert-OH is 1. The van der Waals surface area contributed by atoms with Crippen molar-refractivity contribution in [1.29, 1.82) is 0 Å². The summed E-state index contributed by atoms with van der Waals surface area (Å²) in [5.41, 5.74) is 0. The number of aliphatic hydroxyl groups is 1. The van der Waals surface area contributed by atoms with E-state index in [0.717, 1.165) is 12.1 Å². The Balaban J connectivity index is 0.000000202. The van der Waals surface area contributed by atoms with E-state index in [9.17, 15) is 13.6 Å². The van der Waals surface area contributed by atoms with Crippen LogP contribution in [0.2, 0.25) is 0 Å². The van der Waals surface area contributed by atoms with Crippen LogP contribution in [0.25, 0.3) is 0 Å². The summed E-state index contributed by atoms with van der Waals surface area (Å²) in [4.78, 5) is 10.2. The highest BCUT2D eigenvalue weighted by Crippen LogP contribution is 2.30. The Morgan fingerprint density at radius 3 is 1.86 bits per heavy atom. The molecule has 2 atom stereocenters. The highest BCUT2D eigenvalue weighted by Gasteiger charge is 2.54. The smallest absolute Gasteiger partial charge is 0.377 e. The van der Waals surface area contributed by atoms with Crippen LogP contribution in [-0.4, -0.2) is 58.8 Å². The van der Waals surface area contributed by atoms with E-state index < -0.39 is 29.9 Å². The average Bonchev–Trinajstić information content (AvgIpc) is 3.03. The first-order chi connectivity index (χ1) is 13.1. The molecule has 6 nitrogen and oxygen atoms in total. The van der Waals surface area contributed by atoms with Gasteiger partial charge in [-0.25, -0.2) is 4.79 Å². The van der Waals surface area contributed by atoms with Gasteiger partial charge in [0.2, 0.25) is 0 Å². The van der Waals surface area contributed by atoms with Gasteiger partial charge in [0.15, 0.2) is 11.9 Å². The number of carbonyl (C=O) groups is 1. The molecule has 3 aliphatic rings. The lowest BCUT2D eigenvalue weighted by atomic mass is 9.91. The Bertz CT molecular complexity index is 475. The molecule has 2 unspecified atom stereocenters. The quantitative estimate of drug-likeness (QED) is 0.647. The molecule has 3 fully saturated rings. The van der Waals surface area contributed by atoms with Gasteiger partial charge in [-0.1, -0.05) is 38.5 Å². The topological polar surface area (TPSA) is 88.0 Å². The molecule has 28 heavy (non-hydrogen) atoms. The average molecular weight is 407 g/mol. The molecule has 1 heterocycles. The molecule has 0 bridgehead atoms. The second-order valence-corrected chi connectivity index (χ2v) is 8.58. The predicted molar refractivity (Wildman–Crippen MR) is 100 cm³/mol. The van der Waals surface area contributed by atoms with Crippen LogP contribution in [0.3, 0.4) is 0 Å². The molecular formula is C20H35F2NO5. The molecule has 0 radical (unpaired) electrons. The van der Waals surface area contributed by atoms with Crippen LogP contribution in [0.1, 0.15) is 78.1 Å². The Labute approximate surface area is 166 Å². The lowest BCUT2D eigenvalue weighted by Crippen LogP contribution is -2.49. The van der Waals surface area contributed by atoms with Gasteiger partial charge in [-0.15, -0.1) is 0 Å². The standard InChI is InChI=1S/C12H23N.C8H12F2O5/c1-3-7-11(8-4-1)13-12-9-5-2-6-10-12;1-7(2)14-3-4(15-7)5(11)8(9,10)6(12)13/h11-13H,1-10H2;4-5,11H,3H2,1-2H3,(H,12,13). The van der Waals surface area contributed by atoms with Gasteiger partial charge in [0.1, 0.15) is 6.10 Å². The first-order valence-corrected chi connectivity index (χ1v) is 10.5. The first kappa shape index (κ1) is 23.4. The molecule has 1 aliphatic heterocycles. The molecular weight excluding hydrogens is 372 g/mol. The lowest BCUT2D eigenvalue weighted by Gasteiger charge is -2.30. The van der Waals surface area contributed by atoms with Crippen molar-refractivity contribution in [3.8, 4) is 0 Å². The second-order valence-electron chi connectivity index (χ2n) is 8.58. The molecule has 164 valence electrons. The summed E-state index contributed by atoms with van der Waals surface area (Å²) < 4.78 is 35.6. The Hall–Kier alpha value is -0.830. The van der Waals surface area contributed by atoms with Crippen molar-refractivity contribution in [2.45, 2.75) is 114 Å². The summed E-state index contributed by atoms with van der Waals surface area (Å²) in [6.07, 6.45) is 10.8. The number of aliphatic carboxylic acids is 1. The normalized spacial score (nSPS) is 27.7. The zero-order chi connectivity index (χ0) is 20.8. The number of halogens is 2. The molecule has 2 aliphatic carbocycles. The van der Waals surface area contributed by atoms with Gasteiger partial charge in [-0.2, -0.15) is 8.78 Å². The van der Waals surface area contributed by atoms with E-state index in [1.54, 1.807) is 0 Å². The van der Waals surface area contributed by atoms with Crippen LogP contribution in [0.15, 0.2) is 0 Å². The van der Waals surface area contributed by atoms with Crippen molar-refractivity contribution in [2.24, 2.45) is 0 Å². The van der Waals surface area contributed by atoms with Crippen LogP contribution in [0, 0.1) is 0 Å². The maximum Gasteiger partial charge on any atom is 0.377 e. The fourth-order valence-electron chi connectivity index (χ4n) is 4.10. The van der Waals surface area contributed by atoms with E-state index in [4.69, 9.17) is 19.7 Å². The SMILES string of the molecule is C1CCC(NC2CCCCC2)CC1.CC1(C)OCC(C(O)C(F)(F)C(=O)O)O1. The Kier molecular flexibility index (Phi) is 8.60. The monoisotopic (exact) mass is 407 g/mol. The Morgan fingerprint density at radius 1 is 1.04 bits per heavy atom. The Morgan fingerprint density at radius 2 is 1.50 bits per heavy atom. The van der Waals surface area contributed by atoms with Gasteiger partial charge in [0.05, 0.1) is 6.61 Å². The first-order valence-electron chi connectivity index (χ1n) is 10.5. The molecule has 0 aromatic rings. The van der Waals surface area contributed by atoms with Crippen LogP contribution in [0.5, 0.6) is 0 Å². The van der Waals surface area contributed by atoms with Gasteiger partial charge in [-0.3, -0.25) is 0 Å². The lowest BCUT2D eigenvalue weighted by molar-refractivity contribution is -0.206. The van der Waals surface area contributed by atoms with Crippen LogP contribution >= 0.6 is 0 Å². The van der Waals surface area contributed by atoms with Crippen LogP contribution in [0.4, 0.5) is 8.78 Å². The molecule has 0 spiro atoms. The second kappa shape index (κ2) is 10.3. The molecule has 0 aromatic heterocycles. The molecule has 2 saturated carbocycles. The highest BCUT2D eigenvalue weighted by atomic mass is 19.3. The number of rotatable bonds is 5. The number of hydrogen-bond acceptors (Lipinski definition) is 5. The number of hydrogen-bond donors (Lipinski definition) is 3. The third-order valence-electron chi connectivity index (χ3n) is 5.72. The van der Waals surface area contributed by atoms with Gasteiger partial charge >= 0.3 is 11.9 Å². The van der Waals surface area contributed by atoms with E-state index >= 15 is 0 Å². The molecule has 0 aromatic carbocycles. The molecule has 0 amide bonds. The van der Waals surface area contributed by atoms with Crippen molar-refractivity contribution in [3.05, 3.63) is 0 Å². The van der Waals surface area contributed by atoms with E-state index in [1.165, 1.54) is 78.1 Å². The fourth-order valence-corrected chi connectivity index (χ4v) is 4.10. The van der Waals surface area contributed by atoms with Gasteiger partial charge in [-0.05, 0) is 39.5 Å². The van der Waals surface area contributed by atoms with E-state index in [1.807, 2.05) is 0 Å². The summed E-state index contributed by atoms with van der Waals surface area (Å²) in [5.74, 6) is -7.71. The minimum Gasteiger partial charge on any atom is -0.477 e. The molecule has 3 N–H and O–H groups in total. The number of carboxylic acids is 1. The minimum atomic E-state index is -4.24. The molecule has 3 rings (SSSR count). The van der Waals surface area contributed by atoms with Crippen molar-refractivity contribution in [2.75, 3.05) is 6.61 Å². The van der Waals surface area contributed by atoms with Crippen LogP contribution < -0.4 is 5.32 Å². The van der Waals surface area contributed by atoms with Crippen molar-refractivity contribution < 1.29 is 33.3 Å². The fraction of sp³-hybridized carbons (Fsp3) is 0.950. The van der Waals surface area contributed by atoms with Gasteiger partial charge in [0, 0.05) is 12.1 Å². The van der Waals surface area contributed by atoms with E-state index in [-0.39, 0.29) is 6.61 Å². The summed E-state index contributed by atoms with van der Waals surface area (Å²) in [7, 11) is 0. The largest absolute Gasteiger partial charge is 0.477 e. The third-order valence-corrected chi connectivity index (χ3v) is 5.72. The van der Waals surface area contributed by atoms with Crippen molar-refractivity contribution in [3.63, 3.8) is 0 Å². The van der Waals surface area contributed by atoms with Gasteiger partial charge < -0.3 is 25.0 Å². The summed E-state index contributed by atoms with van der Waals surface area (Å²) in [5, 5.41) is 21.2. The van der Waals surface area contributed by atoms with E-state index in [2.05, 4.69) is 5.32 Å². The van der Waals surface area contributed by atoms with Gasteiger partial charge in [0.25, 0.3) is 0 Å². The number of nitrogens with one attached hydrogen (secondary N) is 1. The van der Waals surface area contributed by atoms with Crippen molar-refractivity contribution in [1.82, 2.24) is 5.32 Å². The van der Waals surface area contributed by atoms with E-state index in [0.29, 0.717) is 0 Å². The molecule has 8 heteroatoms. The predicted octanol–water partition coefficient (Wildman–Crippen LogP) is 3.46. The maximum atomic E-state index is 12.9. The summed E-state index contributed by atoms with van der Waals surface area (Å²) in [6.45, 7) is 2.70. The maximum absolute atomic E-state index is 12.9. The number of alkyl halides is 2. The zero-order valence-electron chi connectivity index (χ0n) is 17.0. The number of carboxylic acid groups (broad SMARTS) is 1. The minimum absolute atomic E-state index is 0.267. The van der Waals surface area contributed by atoms with Crippen molar-refractivity contribution >= 4 is 5.97 Å². The highest BCUT2D eigenvalue weighted by molar-refractivity contribution is 5.76. The summed E-state index contributed by atoms with van der Waals surface area (Å²) >= 11 is 0. The molecule has 1 saturated heterocycles. The summed E-state index contributed by atoms with van der Waals surface area (Å²) in [6, 6.07) is 1.74.